The molecule has 0 fully saturated rings. The van der Waals surface area contributed by atoms with Crippen molar-refractivity contribution in [2.24, 2.45) is 7.05 Å². The topological polar surface area (TPSA) is 60.3 Å². The van der Waals surface area contributed by atoms with E-state index in [1.54, 1.807) is 36.9 Å². The van der Waals surface area contributed by atoms with Crippen LogP contribution in [-0.2, 0) is 16.6 Å². The molecule has 0 radical (unpaired) electrons. The molecule has 0 saturated carbocycles. The van der Waals surface area contributed by atoms with E-state index in [1.807, 2.05) is 32.0 Å². The van der Waals surface area contributed by atoms with Crippen molar-refractivity contribution in [1.29, 1.82) is 0 Å². The Kier molecular flexibility index (Phi) is 4.65. The lowest BCUT2D eigenvalue weighted by Gasteiger charge is -2.15. The summed E-state index contributed by atoms with van der Waals surface area (Å²) in [6, 6.07) is 9.14. The maximum Gasteiger partial charge on any atom is 0.355 e. The highest BCUT2D eigenvalue weighted by Gasteiger charge is 2.20. The van der Waals surface area contributed by atoms with Crippen molar-refractivity contribution in [2.75, 3.05) is 5.32 Å². The Hall–Kier alpha value is -2.56. The molecule has 2 rings (SSSR count). The lowest BCUT2D eigenvalue weighted by Crippen LogP contribution is -2.30. The van der Waals surface area contributed by atoms with Crippen molar-refractivity contribution in [1.82, 2.24) is 4.57 Å². The largest absolute Gasteiger partial charge is 0.448 e. The van der Waals surface area contributed by atoms with Crippen LogP contribution >= 0.6 is 0 Å². The summed E-state index contributed by atoms with van der Waals surface area (Å²) in [5.74, 6) is -0.870. The van der Waals surface area contributed by atoms with Crippen LogP contribution in [-0.4, -0.2) is 22.5 Å². The number of benzene rings is 1. The van der Waals surface area contributed by atoms with Crippen molar-refractivity contribution >= 4 is 17.6 Å². The first kappa shape index (κ1) is 15.8. The molecule has 0 bridgehead atoms. The molecule has 5 nitrogen and oxygen atoms in total. The zero-order valence-electron chi connectivity index (χ0n) is 13.2. The van der Waals surface area contributed by atoms with Gasteiger partial charge in [-0.2, -0.15) is 0 Å². The summed E-state index contributed by atoms with van der Waals surface area (Å²) in [4.78, 5) is 24.1. The Balaban J connectivity index is 2.00. The van der Waals surface area contributed by atoms with E-state index in [9.17, 15) is 9.59 Å². The Morgan fingerprint density at radius 3 is 2.55 bits per heavy atom. The number of nitrogens with one attached hydrogen (secondary N) is 1. The summed E-state index contributed by atoms with van der Waals surface area (Å²) in [6.07, 6.45) is 0.875. The SMILES string of the molecule is Cc1ccc(NC(=O)[C@@H](C)OC(=O)c2cccn2C)c(C)c1. The van der Waals surface area contributed by atoms with Gasteiger partial charge in [-0.3, -0.25) is 4.79 Å². The normalized spacial score (nSPS) is 11.8. The number of hydrogen-bond donors (Lipinski definition) is 1. The molecule has 1 aromatic carbocycles. The summed E-state index contributed by atoms with van der Waals surface area (Å²) in [5, 5.41) is 2.78. The number of carbonyl (C=O) groups excluding carboxylic acids is 2. The number of esters is 1. The monoisotopic (exact) mass is 300 g/mol. The van der Waals surface area contributed by atoms with Gasteiger partial charge in [-0.1, -0.05) is 17.7 Å². The highest BCUT2D eigenvalue weighted by Crippen LogP contribution is 2.16. The Morgan fingerprint density at radius 1 is 1.23 bits per heavy atom. The van der Waals surface area contributed by atoms with Gasteiger partial charge in [-0.25, -0.2) is 4.79 Å². The molecule has 1 N–H and O–H groups in total. The van der Waals surface area contributed by atoms with Crippen molar-refractivity contribution in [3.63, 3.8) is 0 Å². The van der Waals surface area contributed by atoms with Crippen molar-refractivity contribution in [2.45, 2.75) is 26.9 Å². The van der Waals surface area contributed by atoms with Gasteiger partial charge in [0.15, 0.2) is 6.10 Å². The lowest BCUT2D eigenvalue weighted by atomic mass is 10.1. The average Bonchev–Trinajstić information content (AvgIpc) is 2.88. The lowest BCUT2D eigenvalue weighted by molar-refractivity contribution is -0.123. The Bertz CT molecular complexity index is 704. The zero-order valence-corrected chi connectivity index (χ0v) is 13.2. The molecule has 5 heteroatoms. The summed E-state index contributed by atoms with van der Waals surface area (Å²) in [6.45, 7) is 5.46. The van der Waals surface area contributed by atoms with Gasteiger partial charge in [0.05, 0.1) is 0 Å². The van der Waals surface area contributed by atoms with Gasteiger partial charge in [0, 0.05) is 18.9 Å². The van der Waals surface area contributed by atoms with Crippen LogP contribution in [0.5, 0.6) is 0 Å². The minimum absolute atomic E-state index is 0.352. The third kappa shape index (κ3) is 3.55. The number of rotatable bonds is 4. The smallest absolute Gasteiger partial charge is 0.355 e. The number of anilines is 1. The van der Waals surface area contributed by atoms with Crippen LogP contribution < -0.4 is 5.32 Å². The molecule has 116 valence electrons. The molecule has 0 saturated heterocycles. The van der Waals surface area contributed by atoms with Gasteiger partial charge >= 0.3 is 5.97 Å². The van der Waals surface area contributed by atoms with E-state index in [2.05, 4.69) is 5.32 Å². The fourth-order valence-electron chi connectivity index (χ4n) is 2.14. The molecule has 0 aliphatic rings. The van der Waals surface area contributed by atoms with Crippen molar-refractivity contribution < 1.29 is 14.3 Å². The van der Waals surface area contributed by atoms with Gasteiger partial charge < -0.3 is 14.6 Å². The van der Waals surface area contributed by atoms with Crippen molar-refractivity contribution in [3.8, 4) is 0 Å². The highest BCUT2D eigenvalue weighted by atomic mass is 16.5. The van der Waals surface area contributed by atoms with E-state index in [1.165, 1.54) is 0 Å². The highest BCUT2D eigenvalue weighted by molar-refractivity contribution is 5.97. The summed E-state index contributed by atoms with van der Waals surface area (Å²) in [7, 11) is 1.75. The summed E-state index contributed by atoms with van der Waals surface area (Å²) < 4.78 is 6.85. The van der Waals surface area contributed by atoms with Crippen LogP contribution in [0.15, 0.2) is 36.5 Å². The molecular weight excluding hydrogens is 280 g/mol. The van der Waals surface area contributed by atoms with E-state index >= 15 is 0 Å². The third-order valence-corrected chi connectivity index (χ3v) is 3.45. The molecule has 1 atom stereocenters. The molecule has 1 amide bonds. The van der Waals surface area contributed by atoms with Gasteiger partial charge in [0.25, 0.3) is 5.91 Å². The number of carbonyl (C=O) groups is 2. The van der Waals surface area contributed by atoms with E-state index in [4.69, 9.17) is 4.74 Å². The molecule has 0 spiro atoms. The van der Waals surface area contributed by atoms with E-state index in [0.717, 1.165) is 16.8 Å². The predicted molar refractivity (Wildman–Crippen MR) is 84.8 cm³/mol. The Morgan fingerprint density at radius 2 is 1.95 bits per heavy atom. The standard InChI is InChI=1S/C17H20N2O3/c1-11-7-8-14(12(2)10-11)18-16(20)13(3)22-17(21)15-6-5-9-19(15)4/h5-10,13H,1-4H3,(H,18,20)/t13-/m1/s1. The molecule has 0 aliphatic carbocycles. The molecule has 22 heavy (non-hydrogen) atoms. The second-order valence-corrected chi connectivity index (χ2v) is 5.36. The zero-order chi connectivity index (χ0) is 16.3. The first-order valence-electron chi connectivity index (χ1n) is 7.09. The van der Waals surface area contributed by atoms with E-state index < -0.39 is 12.1 Å². The molecule has 1 heterocycles. The van der Waals surface area contributed by atoms with Crippen LogP contribution in [0.25, 0.3) is 0 Å². The first-order valence-corrected chi connectivity index (χ1v) is 7.09. The summed E-state index contributed by atoms with van der Waals surface area (Å²) >= 11 is 0. The van der Waals surface area contributed by atoms with Crippen molar-refractivity contribution in [3.05, 3.63) is 53.3 Å². The maximum atomic E-state index is 12.1. The van der Waals surface area contributed by atoms with Crippen LogP contribution in [0.3, 0.4) is 0 Å². The molecule has 1 aromatic heterocycles. The van der Waals surface area contributed by atoms with Gasteiger partial charge in [0.1, 0.15) is 5.69 Å². The minimum Gasteiger partial charge on any atom is -0.448 e. The van der Waals surface area contributed by atoms with Gasteiger partial charge in [0.2, 0.25) is 0 Å². The van der Waals surface area contributed by atoms with E-state index in [0.29, 0.717) is 5.69 Å². The number of nitrogens with zero attached hydrogens (tertiary/aromatic N) is 1. The quantitative estimate of drug-likeness (QED) is 0.883. The third-order valence-electron chi connectivity index (χ3n) is 3.45. The second kappa shape index (κ2) is 6.47. The van der Waals surface area contributed by atoms with E-state index in [-0.39, 0.29) is 5.91 Å². The fourth-order valence-corrected chi connectivity index (χ4v) is 2.14. The number of hydrogen-bond acceptors (Lipinski definition) is 3. The number of aryl methyl sites for hydroxylation is 3. The van der Waals surface area contributed by atoms with Crippen LogP contribution in [0.4, 0.5) is 5.69 Å². The molecule has 0 unspecified atom stereocenters. The van der Waals surface area contributed by atoms with Gasteiger partial charge in [-0.05, 0) is 44.5 Å². The fraction of sp³-hybridized carbons (Fsp3) is 0.294. The van der Waals surface area contributed by atoms with Crippen LogP contribution in [0.2, 0.25) is 0 Å². The number of aromatic nitrogens is 1. The average molecular weight is 300 g/mol. The number of ether oxygens (including phenoxy) is 1. The molecule has 2 aromatic rings. The first-order chi connectivity index (χ1) is 10.4. The number of amides is 1. The molecular formula is C17H20N2O3. The maximum absolute atomic E-state index is 12.1. The van der Waals surface area contributed by atoms with Gasteiger partial charge in [-0.15, -0.1) is 0 Å². The van der Waals surface area contributed by atoms with Crippen LogP contribution in [0, 0.1) is 13.8 Å². The second-order valence-electron chi connectivity index (χ2n) is 5.36. The van der Waals surface area contributed by atoms with Crippen LogP contribution in [0.1, 0.15) is 28.5 Å². The molecule has 0 aliphatic heterocycles. The Labute approximate surface area is 129 Å². The summed E-state index contributed by atoms with van der Waals surface area (Å²) in [5.41, 5.74) is 3.22. The predicted octanol–water partition coefficient (Wildman–Crippen LogP) is 2.83. The minimum atomic E-state index is -0.872.